The van der Waals surface area contributed by atoms with E-state index >= 15 is 0 Å². The standard InChI is InChI=1S/C22H22FN5O/c1-2-29-20-12-19-16(11-17(20)23)6-7-18(24-19)22-26-25-21-8-5-15(14-28(21)22)13-27-9-3-4-10-27/h5-8,11-12,14H,2-4,9-10,13H2,1H3. The molecule has 3 aromatic heterocycles. The van der Waals surface area contributed by atoms with Gasteiger partial charge in [-0.1, -0.05) is 12.1 Å². The average molecular weight is 391 g/mol. The maximum absolute atomic E-state index is 14.1. The molecule has 0 atom stereocenters. The molecule has 0 spiro atoms. The lowest BCUT2D eigenvalue weighted by Gasteiger charge is -2.14. The van der Waals surface area contributed by atoms with Crippen molar-refractivity contribution in [2.75, 3.05) is 19.7 Å². The van der Waals surface area contributed by atoms with E-state index in [0.717, 1.165) is 30.7 Å². The highest BCUT2D eigenvalue weighted by Gasteiger charge is 2.15. The maximum atomic E-state index is 14.1. The van der Waals surface area contributed by atoms with Crippen LogP contribution >= 0.6 is 0 Å². The van der Waals surface area contributed by atoms with E-state index < -0.39 is 0 Å². The van der Waals surface area contributed by atoms with E-state index in [0.29, 0.717) is 23.6 Å². The summed E-state index contributed by atoms with van der Waals surface area (Å²) in [6.45, 7) is 5.46. The summed E-state index contributed by atoms with van der Waals surface area (Å²) < 4.78 is 21.5. The maximum Gasteiger partial charge on any atom is 0.187 e. The first-order valence-electron chi connectivity index (χ1n) is 10.0. The van der Waals surface area contributed by atoms with Gasteiger partial charge in [0, 0.05) is 24.2 Å². The van der Waals surface area contributed by atoms with Crippen LogP contribution in [0.2, 0.25) is 0 Å². The third-order valence-corrected chi connectivity index (χ3v) is 5.34. The molecule has 0 N–H and O–H groups in total. The molecule has 0 radical (unpaired) electrons. The highest BCUT2D eigenvalue weighted by atomic mass is 19.1. The third-order valence-electron chi connectivity index (χ3n) is 5.34. The molecule has 0 amide bonds. The highest BCUT2D eigenvalue weighted by Crippen LogP contribution is 2.27. The van der Waals surface area contributed by atoms with Crippen LogP contribution in [-0.2, 0) is 6.54 Å². The second-order valence-electron chi connectivity index (χ2n) is 7.38. The largest absolute Gasteiger partial charge is 0.491 e. The van der Waals surface area contributed by atoms with Crippen molar-refractivity contribution < 1.29 is 9.13 Å². The van der Waals surface area contributed by atoms with Gasteiger partial charge in [0.15, 0.2) is 23.0 Å². The smallest absolute Gasteiger partial charge is 0.187 e. The number of hydrogen-bond acceptors (Lipinski definition) is 5. The second-order valence-corrected chi connectivity index (χ2v) is 7.38. The molecule has 4 aromatic rings. The van der Waals surface area contributed by atoms with Crippen LogP contribution in [0.15, 0.2) is 42.6 Å². The predicted octanol–water partition coefficient (Wildman–Crippen LogP) is 4.08. The van der Waals surface area contributed by atoms with Gasteiger partial charge in [0.25, 0.3) is 0 Å². The lowest BCUT2D eigenvalue weighted by Crippen LogP contribution is -2.18. The molecule has 6 nitrogen and oxygen atoms in total. The summed E-state index contributed by atoms with van der Waals surface area (Å²) in [7, 11) is 0. The Labute approximate surface area is 168 Å². The summed E-state index contributed by atoms with van der Waals surface area (Å²) in [6, 6.07) is 10.9. The highest BCUT2D eigenvalue weighted by molar-refractivity contribution is 5.82. The minimum Gasteiger partial charge on any atom is -0.491 e. The summed E-state index contributed by atoms with van der Waals surface area (Å²) >= 11 is 0. The Kier molecular flexibility index (Phi) is 4.60. The van der Waals surface area contributed by atoms with Crippen molar-refractivity contribution in [1.29, 1.82) is 0 Å². The Morgan fingerprint density at radius 2 is 1.93 bits per heavy atom. The van der Waals surface area contributed by atoms with Crippen molar-refractivity contribution in [3.63, 3.8) is 0 Å². The Bertz CT molecular complexity index is 1180. The molecule has 29 heavy (non-hydrogen) atoms. The number of hydrogen-bond donors (Lipinski definition) is 0. The molecule has 5 rings (SSSR count). The van der Waals surface area contributed by atoms with Crippen LogP contribution < -0.4 is 4.74 Å². The molecule has 1 saturated heterocycles. The summed E-state index contributed by atoms with van der Waals surface area (Å²) in [5.74, 6) is 0.504. The number of halogens is 1. The minimum absolute atomic E-state index is 0.212. The van der Waals surface area contributed by atoms with Crippen LogP contribution in [0.4, 0.5) is 4.39 Å². The van der Waals surface area contributed by atoms with Crippen molar-refractivity contribution in [2.24, 2.45) is 0 Å². The van der Waals surface area contributed by atoms with Crippen LogP contribution in [0, 0.1) is 5.82 Å². The molecule has 1 aromatic carbocycles. The van der Waals surface area contributed by atoms with Crippen LogP contribution in [-0.4, -0.2) is 44.2 Å². The Morgan fingerprint density at radius 1 is 1.07 bits per heavy atom. The molecule has 0 bridgehead atoms. The topological polar surface area (TPSA) is 55.6 Å². The van der Waals surface area contributed by atoms with Gasteiger partial charge in [-0.2, -0.15) is 0 Å². The van der Waals surface area contributed by atoms with Gasteiger partial charge in [-0.3, -0.25) is 9.30 Å². The fourth-order valence-electron chi connectivity index (χ4n) is 3.92. The molecule has 0 saturated carbocycles. The quantitative estimate of drug-likeness (QED) is 0.513. The summed E-state index contributed by atoms with van der Waals surface area (Å²) in [5.41, 5.74) is 3.36. The summed E-state index contributed by atoms with van der Waals surface area (Å²) in [5, 5.41) is 9.36. The minimum atomic E-state index is -0.381. The van der Waals surface area contributed by atoms with Crippen LogP contribution in [0.5, 0.6) is 5.75 Å². The third kappa shape index (κ3) is 3.42. The number of nitrogens with zero attached hydrogens (tertiary/aromatic N) is 5. The molecular formula is C22H22FN5O. The second kappa shape index (κ2) is 7.40. The fourth-order valence-corrected chi connectivity index (χ4v) is 3.92. The molecule has 4 heterocycles. The lowest BCUT2D eigenvalue weighted by atomic mass is 10.2. The van der Waals surface area contributed by atoms with Gasteiger partial charge < -0.3 is 4.74 Å². The van der Waals surface area contributed by atoms with Crippen molar-refractivity contribution in [1.82, 2.24) is 24.5 Å². The van der Waals surface area contributed by atoms with Gasteiger partial charge in [0.1, 0.15) is 5.69 Å². The van der Waals surface area contributed by atoms with Gasteiger partial charge in [-0.25, -0.2) is 9.37 Å². The van der Waals surface area contributed by atoms with E-state index in [9.17, 15) is 4.39 Å². The van der Waals surface area contributed by atoms with E-state index in [1.54, 1.807) is 6.07 Å². The van der Waals surface area contributed by atoms with Crippen LogP contribution in [0.3, 0.4) is 0 Å². The van der Waals surface area contributed by atoms with Gasteiger partial charge in [0.05, 0.1) is 12.1 Å². The van der Waals surface area contributed by atoms with Gasteiger partial charge in [0.2, 0.25) is 0 Å². The van der Waals surface area contributed by atoms with Gasteiger partial charge >= 0.3 is 0 Å². The number of ether oxygens (including phenoxy) is 1. The van der Waals surface area contributed by atoms with Gasteiger partial charge in [-0.15, -0.1) is 10.2 Å². The van der Waals surface area contributed by atoms with Gasteiger partial charge in [-0.05, 0) is 56.6 Å². The van der Waals surface area contributed by atoms with Crippen molar-refractivity contribution in [3.05, 3.63) is 54.0 Å². The molecule has 0 unspecified atom stereocenters. The van der Waals surface area contributed by atoms with Crippen molar-refractivity contribution in [2.45, 2.75) is 26.3 Å². The van der Waals surface area contributed by atoms with Crippen molar-refractivity contribution >= 4 is 16.6 Å². The normalized spacial score (nSPS) is 14.8. The molecule has 0 aliphatic carbocycles. The zero-order valence-electron chi connectivity index (χ0n) is 16.3. The SMILES string of the molecule is CCOc1cc2nc(-c3nnc4ccc(CN5CCCC5)cn34)ccc2cc1F. The average Bonchev–Trinajstić information content (AvgIpc) is 3.38. The van der Waals surface area contributed by atoms with Crippen molar-refractivity contribution in [3.8, 4) is 17.3 Å². The summed E-state index contributed by atoms with van der Waals surface area (Å²) in [6.07, 6.45) is 4.63. The Hall–Kier alpha value is -3.06. The zero-order chi connectivity index (χ0) is 19.8. The first-order valence-corrected chi connectivity index (χ1v) is 10.0. The van der Waals surface area contributed by atoms with Crippen LogP contribution in [0.1, 0.15) is 25.3 Å². The van der Waals surface area contributed by atoms with E-state index in [2.05, 4.69) is 27.4 Å². The Balaban J connectivity index is 1.55. The number of fused-ring (bicyclic) bond motifs is 2. The Morgan fingerprint density at radius 3 is 2.76 bits per heavy atom. The number of likely N-dealkylation sites (tertiary alicyclic amines) is 1. The monoisotopic (exact) mass is 391 g/mol. The number of aromatic nitrogens is 4. The molecule has 7 heteroatoms. The molecular weight excluding hydrogens is 369 g/mol. The first-order chi connectivity index (χ1) is 14.2. The summed E-state index contributed by atoms with van der Waals surface area (Å²) in [4.78, 5) is 7.17. The zero-order valence-corrected chi connectivity index (χ0v) is 16.3. The number of benzene rings is 1. The first kappa shape index (κ1) is 18.0. The van der Waals surface area contributed by atoms with E-state index in [1.165, 1.54) is 24.5 Å². The number of rotatable bonds is 5. The van der Waals surface area contributed by atoms with E-state index in [4.69, 9.17) is 9.72 Å². The predicted molar refractivity (Wildman–Crippen MR) is 109 cm³/mol. The van der Waals surface area contributed by atoms with E-state index in [-0.39, 0.29) is 11.6 Å². The lowest BCUT2D eigenvalue weighted by molar-refractivity contribution is 0.322. The number of pyridine rings is 2. The van der Waals surface area contributed by atoms with Crippen LogP contribution in [0.25, 0.3) is 28.1 Å². The fraction of sp³-hybridized carbons (Fsp3) is 0.318. The molecule has 1 fully saturated rings. The molecule has 1 aliphatic heterocycles. The molecule has 148 valence electrons. The molecule has 1 aliphatic rings. The van der Waals surface area contributed by atoms with E-state index in [1.807, 2.05) is 29.5 Å².